The van der Waals surface area contributed by atoms with Crippen LogP contribution >= 0.6 is 0 Å². The highest BCUT2D eigenvalue weighted by Gasteiger charge is 2.08. The molecule has 0 spiro atoms. The minimum Gasteiger partial charge on any atom is -0.496 e. The van der Waals surface area contributed by atoms with Crippen molar-refractivity contribution < 1.29 is 9.53 Å². The summed E-state index contributed by atoms with van der Waals surface area (Å²) in [6.45, 7) is 2.53. The van der Waals surface area contributed by atoms with E-state index in [1.807, 2.05) is 55.5 Å². The van der Waals surface area contributed by atoms with Crippen LogP contribution in [0.3, 0.4) is 0 Å². The monoisotopic (exact) mass is 269 g/mol. The topological polar surface area (TPSA) is 38.3 Å². The minimum atomic E-state index is -0.0296. The standard InChI is InChI=1S/C17H19NO2/c1-13-7-3-5-9-15(13)17(19)18-12-11-14-8-4-6-10-16(14)20-2/h3-10H,11-12H2,1-2H3,(H,18,19). The number of benzene rings is 2. The van der Waals surface area contributed by atoms with Gasteiger partial charge in [0, 0.05) is 12.1 Å². The van der Waals surface area contributed by atoms with Gasteiger partial charge in [-0.1, -0.05) is 36.4 Å². The van der Waals surface area contributed by atoms with Gasteiger partial charge in [-0.25, -0.2) is 0 Å². The highest BCUT2D eigenvalue weighted by molar-refractivity contribution is 5.95. The Hall–Kier alpha value is -2.29. The Morgan fingerprint density at radius 3 is 2.55 bits per heavy atom. The van der Waals surface area contributed by atoms with Crippen molar-refractivity contribution in [2.45, 2.75) is 13.3 Å². The predicted octanol–water partition coefficient (Wildman–Crippen LogP) is 2.98. The van der Waals surface area contributed by atoms with E-state index in [0.717, 1.165) is 28.9 Å². The molecule has 0 atom stereocenters. The number of rotatable bonds is 5. The van der Waals surface area contributed by atoms with Gasteiger partial charge in [-0.05, 0) is 36.6 Å². The summed E-state index contributed by atoms with van der Waals surface area (Å²) in [6, 6.07) is 15.4. The second-order valence-corrected chi connectivity index (χ2v) is 4.63. The molecule has 0 bridgehead atoms. The third kappa shape index (κ3) is 3.38. The van der Waals surface area contributed by atoms with Gasteiger partial charge in [-0.2, -0.15) is 0 Å². The van der Waals surface area contributed by atoms with Gasteiger partial charge in [-0.15, -0.1) is 0 Å². The molecule has 0 saturated heterocycles. The number of carbonyl (C=O) groups excluding carboxylic acids is 1. The molecule has 104 valence electrons. The number of para-hydroxylation sites is 1. The molecule has 2 aromatic carbocycles. The Bertz CT molecular complexity index is 593. The summed E-state index contributed by atoms with van der Waals surface area (Å²) in [7, 11) is 1.66. The number of ether oxygens (including phenoxy) is 1. The van der Waals surface area contributed by atoms with Gasteiger partial charge in [0.05, 0.1) is 7.11 Å². The summed E-state index contributed by atoms with van der Waals surface area (Å²) in [6.07, 6.45) is 0.752. The second-order valence-electron chi connectivity index (χ2n) is 4.63. The molecule has 0 aliphatic carbocycles. The van der Waals surface area contributed by atoms with Gasteiger partial charge in [0.1, 0.15) is 5.75 Å². The molecule has 0 aliphatic heterocycles. The number of carbonyl (C=O) groups is 1. The number of amides is 1. The van der Waals surface area contributed by atoms with E-state index in [1.165, 1.54) is 0 Å². The van der Waals surface area contributed by atoms with E-state index >= 15 is 0 Å². The van der Waals surface area contributed by atoms with Crippen LogP contribution in [0.2, 0.25) is 0 Å². The molecule has 0 unspecified atom stereocenters. The lowest BCUT2D eigenvalue weighted by Gasteiger charge is -2.10. The lowest BCUT2D eigenvalue weighted by atomic mass is 10.1. The van der Waals surface area contributed by atoms with E-state index in [4.69, 9.17) is 4.74 Å². The van der Waals surface area contributed by atoms with Crippen molar-refractivity contribution in [2.24, 2.45) is 0 Å². The molecule has 0 saturated carbocycles. The molecule has 1 amide bonds. The zero-order valence-corrected chi connectivity index (χ0v) is 11.8. The molecule has 3 heteroatoms. The molecule has 0 aromatic heterocycles. The molecule has 3 nitrogen and oxygen atoms in total. The Morgan fingerprint density at radius 1 is 1.10 bits per heavy atom. The third-order valence-electron chi connectivity index (χ3n) is 3.26. The molecule has 0 radical (unpaired) electrons. The number of aryl methyl sites for hydroxylation is 1. The van der Waals surface area contributed by atoms with Gasteiger partial charge in [0.15, 0.2) is 0 Å². The zero-order chi connectivity index (χ0) is 14.4. The fourth-order valence-corrected chi connectivity index (χ4v) is 2.14. The molecule has 0 fully saturated rings. The van der Waals surface area contributed by atoms with E-state index in [-0.39, 0.29) is 5.91 Å². The molecular formula is C17H19NO2. The summed E-state index contributed by atoms with van der Waals surface area (Å²) in [5.41, 5.74) is 2.81. The zero-order valence-electron chi connectivity index (χ0n) is 11.8. The first-order valence-corrected chi connectivity index (χ1v) is 6.68. The fourth-order valence-electron chi connectivity index (χ4n) is 2.14. The second kappa shape index (κ2) is 6.75. The molecule has 0 aliphatic rings. The average molecular weight is 269 g/mol. The Labute approximate surface area is 119 Å². The van der Waals surface area contributed by atoms with Gasteiger partial charge < -0.3 is 10.1 Å². The number of hydrogen-bond donors (Lipinski definition) is 1. The maximum atomic E-state index is 12.1. The van der Waals surface area contributed by atoms with Crippen molar-refractivity contribution in [3.05, 3.63) is 65.2 Å². The summed E-state index contributed by atoms with van der Waals surface area (Å²) >= 11 is 0. The van der Waals surface area contributed by atoms with Crippen LogP contribution < -0.4 is 10.1 Å². The predicted molar refractivity (Wildman–Crippen MR) is 80.2 cm³/mol. The van der Waals surface area contributed by atoms with Crippen LogP contribution in [-0.2, 0) is 6.42 Å². The van der Waals surface area contributed by atoms with Crippen molar-refractivity contribution >= 4 is 5.91 Å². The van der Waals surface area contributed by atoms with Crippen molar-refractivity contribution in [2.75, 3.05) is 13.7 Å². The molecule has 20 heavy (non-hydrogen) atoms. The molecule has 2 rings (SSSR count). The quantitative estimate of drug-likeness (QED) is 0.906. The highest BCUT2D eigenvalue weighted by Crippen LogP contribution is 2.17. The number of hydrogen-bond acceptors (Lipinski definition) is 2. The maximum absolute atomic E-state index is 12.1. The molecule has 0 heterocycles. The SMILES string of the molecule is COc1ccccc1CCNC(=O)c1ccccc1C. The van der Waals surface area contributed by atoms with E-state index in [2.05, 4.69) is 5.32 Å². The normalized spacial score (nSPS) is 10.1. The van der Waals surface area contributed by atoms with Gasteiger partial charge in [0.2, 0.25) is 0 Å². The lowest BCUT2D eigenvalue weighted by molar-refractivity contribution is 0.0953. The van der Waals surface area contributed by atoms with Crippen LogP contribution in [-0.4, -0.2) is 19.6 Å². The first kappa shape index (κ1) is 14.1. The molecule has 2 aromatic rings. The average Bonchev–Trinajstić information content (AvgIpc) is 2.48. The van der Waals surface area contributed by atoms with Crippen LogP contribution in [0, 0.1) is 6.92 Å². The Kier molecular flexibility index (Phi) is 4.77. The van der Waals surface area contributed by atoms with Gasteiger partial charge in [0.25, 0.3) is 5.91 Å². The van der Waals surface area contributed by atoms with Gasteiger partial charge >= 0.3 is 0 Å². The van der Waals surface area contributed by atoms with E-state index in [1.54, 1.807) is 7.11 Å². The third-order valence-corrected chi connectivity index (χ3v) is 3.26. The van der Waals surface area contributed by atoms with Gasteiger partial charge in [-0.3, -0.25) is 4.79 Å². The summed E-state index contributed by atoms with van der Waals surface area (Å²) in [4.78, 5) is 12.1. The van der Waals surface area contributed by atoms with Crippen LogP contribution in [0.25, 0.3) is 0 Å². The van der Waals surface area contributed by atoms with Crippen LogP contribution in [0.15, 0.2) is 48.5 Å². The lowest BCUT2D eigenvalue weighted by Crippen LogP contribution is -2.26. The van der Waals surface area contributed by atoms with Crippen LogP contribution in [0.5, 0.6) is 5.75 Å². The van der Waals surface area contributed by atoms with Crippen molar-refractivity contribution in [3.63, 3.8) is 0 Å². The summed E-state index contributed by atoms with van der Waals surface area (Å²) in [5.74, 6) is 0.829. The molecule has 1 N–H and O–H groups in total. The highest BCUT2D eigenvalue weighted by atomic mass is 16.5. The van der Waals surface area contributed by atoms with Crippen molar-refractivity contribution in [1.29, 1.82) is 0 Å². The molecular weight excluding hydrogens is 250 g/mol. The summed E-state index contributed by atoms with van der Waals surface area (Å²) in [5, 5.41) is 2.95. The number of methoxy groups -OCH3 is 1. The minimum absolute atomic E-state index is 0.0296. The van der Waals surface area contributed by atoms with Crippen molar-refractivity contribution in [1.82, 2.24) is 5.32 Å². The first-order valence-electron chi connectivity index (χ1n) is 6.68. The Morgan fingerprint density at radius 2 is 1.80 bits per heavy atom. The summed E-state index contributed by atoms with van der Waals surface area (Å²) < 4.78 is 5.29. The van der Waals surface area contributed by atoms with Crippen LogP contribution in [0.1, 0.15) is 21.5 Å². The first-order chi connectivity index (χ1) is 9.72. The number of nitrogens with one attached hydrogen (secondary N) is 1. The fraction of sp³-hybridized carbons (Fsp3) is 0.235. The van der Waals surface area contributed by atoms with Crippen molar-refractivity contribution in [3.8, 4) is 5.75 Å². The van der Waals surface area contributed by atoms with E-state index in [9.17, 15) is 4.79 Å². The Balaban J connectivity index is 1.93. The van der Waals surface area contributed by atoms with E-state index < -0.39 is 0 Å². The van der Waals surface area contributed by atoms with Crippen LogP contribution in [0.4, 0.5) is 0 Å². The smallest absolute Gasteiger partial charge is 0.251 e. The maximum Gasteiger partial charge on any atom is 0.251 e. The largest absolute Gasteiger partial charge is 0.496 e. The van der Waals surface area contributed by atoms with E-state index in [0.29, 0.717) is 6.54 Å².